The minimum atomic E-state index is -0.778. The number of anilines is 1. The Bertz CT molecular complexity index is 400. The number of hydrogen-bond donors (Lipinski definition) is 3. The van der Waals surface area contributed by atoms with Gasteiger partial charge in [0.2, 0.25) is 0 Å². The van der Waals surface area contributed by atoms with E-state index in [1.807, 2.05) is 0 Å². The molecule has 0 aliphatic rings. The quantitative estimate of drug-likeness (QED) is 0.395. The summed E-state index contributed by atoms with van der Waals surface area (Å²) in [5.41, 5.74) is 6.84. The lowest BCUT2D eigenvalue weighted by molar-refractivity contribution is -0.384. The molecule has 0 aliphatic carbocycles. The molecule has 0 amide bonds. The van der Waals surface area contributed by atoms with E-state index >= 15 is 0 Å². The van der Waals surface area contributed by atoms with Crippen LogP contribution in [0.5, 0.6) is 0 Å². The van der Waals surface area contributed by atoms with E-state index in [9.17, 15) is 10.1 Å². The molecular weight excluding hydrogens is 244 g/mol. The van der Waals surface area contributed by atoms with Crippen LogP contribution in [0.15, 0.2) is 18.2 Å². The third-order valence-corrected chi connectivity index (χ3v) is 3.25. The maximum absolute atomic E-state index is 10.6. The van der Waals surface area contributed by atoms with Crippen molar-refractivity contribution >= 4 is 23.1 Å². The van der Waals surface area contributed by atoms with E-state index in [0.717, 1.165) is 0 Å². The molecule has 0 fully saturated rings. The van der Waals surface area contributed by atoms with Gasteiger partial charge in [0.05, 0.1) is 17.6 Å². The topological polar surface area (TPSA) is 110 Å². The highest BCUT2D eigenvalue weighted by molar-refractivity contribution is 7.98. The number of hydrogen-bond acceptors (Lipinski definition) is 6. The number of benzene rings is 1. The number of nitrogens with two attached hydrogens (primary N) is 1. The molecule has 1 atom stereocenters. The van der Waals surface area contributed by atoms with Crippen LogP contribution in [0.3, 0.4) is 0 Å². The predicted octanol–water partition coefficient (Wildman–Crippen LogP) is 0.763. The Morgan fingerprint density at radius 3 is 2.82 bits per heavy atom. The first-order valence-corrected chi connectivity index (χ1v) is 6.09. The molecule has 7 heteroatoms. The van der Waals surface area contributed by atoms with Crippen molar-refractivity contribution < 1.29 is 15.1 Å². The van der Waals surface area contributed by atoms with E-state index in [1.54, 1.807) is 0 Å². The van der Waals surface area contributed by atoms with E-state index in [-0.39, 0.29) is 12.3 Å². The summed E-state index contributed by atoms with van der Waals surface area (Å²) in [5, 5.41) is 28.3. The van der Waals surface area contributed by atoms with Crippen molar-refractivity contribution in [2.24, 2.45) is 0 Å². The Kier molecular flexibility index (Phi) is 5.20. The number of nitro benzene ring substituents is 1. The van der Waals surface area contributed by atoms with Gasteiger partial charge in [-0.2, -0.15) is 11.8 Å². The Labute approximate surface area is 103 Å². The second-order valence-electron chi connectivity index (χ2n) is 3.49. The Morgan fingerprint density at radius 1 is 1.53 bits per heavy atom. The van der Waals surface area contributed by atoms with Gasteiger partial charge < -0.3 is 15.9 Å². The number of nitro groups is 1. The average molecular weight is 258 g/mol. The van der Waals surface area contributed by atoms with Crippen LogP contribution in [0, 0.1) is 10.1 Å². The molecule has 1 aromatic carbocycles. The summed E-state index contributed by atoms with van der Waals surface area (Å²) in [4.78, 5) is 10.1. The van der Waals surface area contributed by atoms with Gasteiger partial charge >= 0.3 is 0 Å². The SMILES string of the molecule is Nc1ccc([N+](=O)[O-])cc1CSCC(O)CO. The second kappa shape index (κ2) is 6.43. The van der Waals surface area contributed by atoms with E-state index in [2.05, 4.69) is 0 Å². The largest absolute Gasteiger partial charge is 0.398 e. The summed E-state index contributed by atoms with van der Waals surface area (Å²) in [6.45, 7) is -0.294. The molecule has 0 saturated heterocycles. The molecule has 0 aromatic heterocycles. The third-order valence-electron chi connectivity index (χ3n) is 2.12. The number of nitrogen functional groups attached to an aromatic ring is 1. The molecule has 6 nitrogen and oxygen atoms in total. The highest BCUT2D eigenvalue weighted by Crippen LogP contribution is 2.24. The van der Waals surface area contributed by atoms with E-state index in [0.29, 0.717) is 22.8 Å². The van der Waals surface area contributed by atoms with Crippen molar-refractivity contribution in [1.29, 1.82) is 0 Å². The van der Waals surface area contributed by atoms with Gasteiger partial charge in [-0.25, -0.2) is 0 Å². The van der Waals surface area contributed by atoms with Crippen LogP contribution >= 0.6 is 11.8 Å². The molecule has 17 heavy (non-hydrogen) atoms. The minimum absolute atomic E-state index is 0.00231. The molecule has 1 unspecified atom stereocenters. The molecule has 1 aromatic rings. The van der Waals surface area contributed by atoms with Crippen molar-refractivity contribution in [3.05, 3.63) is 33.9 Å². The number of aliphatic hydroxyl groups is 2. The van der Waals surface area contributed by atoms with Gasteiger partial charge in [-0.3, -0.25) is 10.1 Å². The first-order valence-electron chi connectivity index (χ1n) is 4.94. The van der Waals surface area contributed by atoms with Gasteiger partial charge in [0.1, 0.15) is 0 Å². The Hall–Kier alpha value is -1.31. The first-order chi connectivity index (χ1) is 8.04. The standard InChI is InChI=1S/C10H14N2O4S/c11-10-2-1-8(12(15)16)3-7(10)5-17-6-9(14)4-13/h1-3,9,13-14H,4-6,11H2. The molecule has 0 radical (unpaired) electrons. The van der Waals surface area contributed by atoms with Gasteiger partial charge in [0, 0.05) is 29.3 Å². The smallest absolute Gasteiger partial charge is 0.269 e. The average Bonchev–Trinajstić information content (AvgIpc) is 2.30. The molecule has 94 valence electrons. The molecule has 0 bridgehead atoms. The normalized spacial score (nSPS) is 12.4. The summed E-state index contributed by atoms with van der Waals surface area (Å²) < 4.78 is 0. The Balaban J connectivity index is 2.63. The molecule has 0 saturated carbocycles. The number of aliphatic hydroxyl groups excluding tert-OH is 2. The van der Waals surface area contributed by atoms with Crippen molar-refractivity contribution in [1.82, 2.24) is 0 Å². The second-order valence-corrected chi connectivity index (χ2v) is 4.52. The summed E-state index contributed by atoms with van der Waals surface area (Å²) in [6, 6.07) is 4.27. The number of nitrogens with zero attached hydrogens (tertiary/aromatic N) is 1. The molecule has 0 heterocycles. The fourth-order valence-electron chi connectivity index (χ4n) is 1.19. The summed E-state index contributed by atoms with van der Waals surface area (Å²) in [6.07, 6.45) is -0.778. The highest BCUT2D eigenvalue weighted by Gasteiger charge is 2.10. The number of non-ortho nitro benzene ring substituents is 1. The lowest BCUT2D eigenvalue weighted by Gasteiger charge is -2.08. The molecule has 1 rings (SSSR count). The fourth-order valence-corrected chi connectivity index (χ4v) is 2.15. The summed E-state index contributed by atoms with van der Waals surface area (Å²) in [7, 11) is 0. The maximum Gasteiger partial charge on any atom is 0.269 e. The van der Waals surface area contributed by atoms with Gasteiger partial charge in [-0.15, -0.1) is 0 Å². The minimum Gasteiger partial charge on any atom is -0.398 e. The van der Waals surface area contributed by atoms with Crippen LogP contribution in [0.4, 0.5) is 11.4 Å². The van der Waals surface area contributed by atoms with Crippen LogP contribution in [0.2, 0.25) is 0 Å². The van der Waals surface area contributed by atoms with Crippen LogP contribution in [0.1, 0.15) is 5.56 Å². The molecule has 4 N–H and O–H groups in total. The van der Waals surface area contributed by atoms with E-state index in [1.165, 1.54) is 30.0 Å². The van der Waals surface area contributed by atoms with Crippen molar-refractivity contribution in [2.45, 2.75) is 11.9 Å². The van der Waals surface area contributed by atoms with Crippen LogP contribution in [-0.4, -0.2) is 33.6 Å². The number of thioether (sulfide) groups is 1. The van der Waals surface area contributed by atoms with Crippen molar-refractivity contribution in [3.63, 3.8) is 0 Å². The monoisotopic (exact) mass is 258 g/mol. The van der Waals surface area contributed by atoms with Gasteiger partial charge in [-0.05, 0) is 11.6 Å². The zero-order chi connectivity index (χ0) is 12.8. The lowest BCUT2D eigenvalue weighted by atomic mass is 10.2. The van der Waals surface area contributed by atoms with Crippen molar-refractivity contribution in [2.75, 3.05) is 18.1 Å². The highest BCUT2D eigenvalue weighted by atomic mass is 32.2. The van der Waals surface area contributed by atoms with E-state index in [4.69, 9.17) is 15.9 Å². The van der Waals surface area contributed by atoms with Crippen LogP contribution < -0.4 is 5.73 Å². The van der Waals surface area contributed by atoms with Gasteiger partial charge in [0.15, 0.2) is 0 Å². The van der Waals surface area contributed by atoms with Gasteiger partial charge in [0.25, 0.3) is 5.69 Å². The molecular formula is C10H14N2O4S. The summed E-state index contributed by atoms with van der Waals surface area (Å²) in [5.74, 6) is 0.823. The van der Waals surface area contributed by atoms with Crippen LogP contribution in [-0.2, 0) is 5.75 Å². The molecule has 0 spiro atoms. The first kappa shape index (κ1) is 13.8. The summed E-state index contributed by atoms with van der Waals surface area (Å²) >= 11 is 1.36. The zero-order valence-corrected chi connectivity index (χ0v) is 9.89. The van der Waals surface area contributed by atoms with Crippen LogP contribution in [0.25, 0.3) is 0 Å². The van der Waals surface area contributed by atoms with E-state index < -0.39 is 11.0 Å². The van der Waals surface area contributed by atoms with Gasteiger partial charge in [-0.1, -0.05) is 0 Å². The number of rotatable bonds is 6. The Morgan fingerprint density at radius 2 is 2.24 bits per heavy atom. The maximum atomic E-state index is 10.6. The third kappa shape index (κ3) is 4.22. The zero-order valence-electron chi connectivity index (χ0n) is 9.07. The van der Waals surface area contributed by atoms with Crippen molar-refractivity contribution in [3.8, 4) is 0 Å². The molecule has 0 aliphatic heterocycles. The lowest BCUT2D eigenvalue weighted by Crippen LogP contribution is -2.14. The fraction of sp³-hybridized carbons (Fsp3) is 0.400. The predicted molar refractivity (Wildman–Crippen MR) is 66.8 cm³/mol.